The van der Waals surface area contributed by atoms with Gasteiger partial charge < -0.3 is 21.1 Å². The van der Waals surface area contributed by atoms with Crippen molar-refractivity contribution < 1.29 is 14.7 Å². The van der Waals surface area contributed by atoms with Crippen molar-refractivity contribution in [3.05, 3.63) is 30.3 Å². The van der Waals surface area contributed by atoms with Crippen LogP contribution in [0.1, 0.15) is 19.8 Å². The van der Waals surface area contributed by atoms with E-state index in [-0.39, 0.29) is 25.1 Å². The lowest BCUT2D eigenvalue weighted by Crippen LogP contribution is -2.42. The van der Waals surface area contributed by atoms with Crippen LogP contribution in [0.25, 0.3) is 0 Å². The number of nitrogens with one attached hydrogen (secondary N) is 3. The number of para-hydroxylation sites is 1. The van der Waals surface area contributed by atoms with Gasteiger partial charge in [0.15, 0.2) is 0 Å². The average Bonchev–Trinajstić information content (AvgIpc) is 2.44. The van der Waals surface area contributed by atoms with E-state index in [1.807, 2.05) is 25.1 Å². The standard InChI is InChI=1S/C14H21N3O3/c1-11(6-5-9-18)16-13(19)10-15-14(20)17-12-7-3-2-4-8-12/h2-4,7-8,11,18H,5-6,9-10H2,1H3,(H,16,19)(H2,15,17,20). The molecule has 0 aromatic heterocycles. The Morgan fingerprint density at radius 3 is 2.60 bits per heavy atom. The van der Waals surface area contributed by atoms with E-state index in [1.165, 1.54) is 0 Å². The topological polar surface area (TPSA) is 90.5 Å². The Bertz CT molecular complexity index is 423. The van der Waals surface area contributed by atoms with Crippen LogP contribution < -0.4 is 16.0 Å². The van der Waals surface area contributed by atoms with Gasteiger partial charge in [-0.2, -0.15) is 0 Å². The molecular weight excluding hydrogens is 258 g/mol. The summed E-state index contributed by atoms with van der Waals surface area (Å²) in [7, 11) is 0. The molecule has 6 nitrogen and oxygen atoms in total. The number of aliphatic hydroxyl groups is 1. The van der Waals surface area contributed by atoms with Crippen LogP contribution >= 0.6 is 0 Å². The van der Waals surface area contributed by atoms with Gasteiger partial charge in [0.25, 0.3) is 0 Å². The smallest absolute Gasteiger partial charge is 0.319 e. The van der Waals surface area contributed by atoms with Crippen LogP contribution in [0.15, 0.2) is 30.3 Å². The summed E-state index contributed by atoms with van der Waals surface area (Å²) in [5.41, 5.74) is 0.668. The summed E-state index contributed by atoms with van der Waals surface area (Å²) in [6, 6.07) is 8.55. The number of aliphatic hydroxyl groups excluding tert-OH is 1. The van der Waals surface area contributed by atoms with Gasteiger partial charge in [0, 0.05) is 18.3 Å². The van der Waals surface area contributed by atoms with Crippen molar-refractivity contribution in [1.82, 2.24) is 10.6 Å². The molecule has 4 N–H and O–H groups in total. The Balaban J connectivity index is 2.22. The van der Waals surface area contributed by atoms with E-state index < -0.39 is 6.03 Å². The summed E-state index contributed by atoms with van der Waals surface area (Å²) >= 11 is 0. The van der Waals surface area contributed by atoms with Gasteiger partial charge in [-0.3, -0.25) is 4.79 Å². The predicted octanol–water partition coefficient (Wildman–Crippen LogP) is 1.09. The number of amides is 3. The zero-order valence-corrected chi connectivity index (χ0v) is 11.6. The van der Waals surface area contributed by atoms with Crippen LogP contribution in [0.5, 0.6) is 0 Å². The van der Waals surface area contributed by atoms with Gasteiger partial charge >= 0.3 is 6.03 Å². The quantitative estimate of drug-likeness (QED) is 0.602. The average molecular weight is 279 g/mol. The van der Waals surface area contributed by atoms with Crippen LogP contribution in [-0.2, 0) is 4.79 Å². The maximum absolute atomic E-state index is 11.6. The molecule has 0 aliphatic carbocycles. The number of anilines is 1. The largest absolute Gasteiger partial charge is 0.396 e. The first-order valence-electron chi connectivity index (χ1n) is 6.62. The Hall–Kier alpha value is -2.08. The molecule has 0 spiro atoms. The molecule has 0 saturated heterocycles. The van der Waals surface area contributed by atoms with Gasteiger partial charge in [-0.25, -0.2) is 4.79 Å². The highest BCUT2D eigenvalue weighted by Gasteiger charge is 2.08. The molecule has 3 amide bonds. The maximum Gasteiger partial charge on any atom is 0.319 e. The van der Waals surface area contributed by atoms with Crippen LogP contribution in [0.4, 0.5) is 10.5 Å². The molecule has 1 unspecified atom stereocenters. The number of carbonyl (C=O) groups is 2. The maximum atomic E-state index is 11.6. The van der Waals surface area contributed by atoms with Crippen molar-refractivity contribution in [2.45, 2.75) is 25.8 Å². The number of urea groups is 1. The fourth-order valence-corrected chi connectivity index (χ4v) is 1.65. The highest BCUT2D eigenvalue weighted by Crippen LogP contribution is 2.03. The second-order valence-electron chi connectivity index (χ2n) is 4.51. The Labute approximate surface area is 118 Å². The summed E-state index contributed by atoms with van der Waals surface area (Å²) in [6.07, 6.45) is 1.35. The molecule has 0 aliphatic heterocycles. The Morgan fingerprint density at radius 2 is 1.95 bits per heavy atom. The van der Waals surface area contributed by atoms with Crippen LogP contribution in [0.3, 0.4) is 0 Å². The molecule has 0 radical (unpaired) electrons. The summed E-state index contributed by atoms with van der Waals surface area (Å²) < 4.78 is 0. The van der Waals surface area contributed by atoms with Crippen molar-refractivity contribution in [3.8, 4) is 0 Å². The minimum atomic E-state index is -0.422. The first-order chi connectivity index (χ1) is 9.61. The van der Waals surface area contributed by atoms with E-state index >= 15 is 0 Å². The predicted molar refractivity (Wildman–Crippen MR) is 77.4 cm³/mol. The van der Waals surface area contributed by atoms with Gasteiger partial charge in [0.2, 0.25) is 5.91 Å². The van der Waals surface area contributed by atoms with Crippen molar-refractivity contribution in [2.75, 3.05) is 18.5 Å². The third kappa shape index (κ3) is 6.75. The molecule has 0 heterocycles. The summed E-state index contributed by atoms with van der Waals surface area (Å²) in [5.74, 6) is -0.251. The lowest BCUT2D eigenvalue weighted by molar-refractivity contribution is -0.120. The molecule has 0 fully saturated rings. The number of benzene rings is 1. The molecule has 20 heavy (non-hydrogen) atoms. The Kier molecular flexibility index (Phi) is 7.13. The lowest BCUT2D eigenvalue weighted by atomic mass is 10.2. The van der Waals surface area contributed by atoms with E-state index in [1.54, 1.807) is 12.1 Å². The van der Waals surface area contributed by atoms with Crippen LogP contribution in [-0.4, -0.2) is 36.2 Å². The minimum Gasteiger partial charge on any atom is -0.396 e. The van der Waals surface area contributed by atoms with E-state index in [0.717, 1.165) is 0 Å². The second-order valence-corrected chi connectivity index (χ2v) is 4.51. The van der Waals surface area contributed by atoms with Gasteiger partial charge in [0.1, 0.15) is 0 Å². The molecule has 1 rings (SSSR count). The van der Waals surface area contributed by atoms with Gasteiger partial charge in [-0.05, 0) is 31.9 Å². The van der Waals surface area contributed by atoms with Gasteiger partial charge in [0.05, 0.1) is 6.54 Å². The fraction of sp³-hybridized carbons (Fsp3) is 0.429. The molecule has 0 saturated carbocycles. The van der Waals surface area contributed by atoms with E-state index in [2.05, 4.69) is 16.0 Å². The molecule has 1 atom stereocenters. The van der Waals surface area contributed by atoms with Gasteiger partial charge in [-0.1, -0.05) is 18.2 Å². The molecule has 110 valence electrons. The highest BCUT2D eigenvalue weighted by molar-refractivity contribution is 5.92. The first-order valence-corrected chi connectivity index (χ1v) is 6.62. The molecule has 0 aliphatic rings. The molecular formula is C14H21N3O3. The normalized spacial score (nSPS) is 11.5. The monoisotopic (exact) mass is 279 g/mol. The molecule has 0 bridgehead atoms. The number of hydrogen-bond donors (Lipinski definition) is 4. The van der Waals surface area contributed by atoms with Crippen molar-refractivity contribution >= 4 is 17.6 Å². The van der Waals surface area contributed by atoms with Gasteiger partial charge in [-0.15, -0.1) is 0 Å². The third-order valence-corrected chi connectivity index (χ3v) is 2.64. The Morgan fingerprint density at radius 1 is 1.25 bits per heavy atom. The molecule has 1 aromatic carbocycles. The van der Waals surface area contributed by atoms with E-state index in [0.29, 0.717) is 18.5 Å². The summed E-state index contributed by atoms with van der Waals surface area (Å²) in [6.45, 7) is 1.89. The van der Waals surface area contributed by atoms with Crippen LogP contribution in [0.2, 0.25) is 0 Å². The molecule has 6 heteroatoms. The minimum absolute atomic E-state index is 0.0198. The van der Waals surface area contributed by atoms with Crippen molar-refractivity contribution in [2.24, 2.45) is 0 Å². The zero-order chi connectivity index (χ0) is 14.8. The lowest BCUT2D eigenvalue weighted by Gasteiger charge is -2.13. The number of rotatable bonds is 7. The first kappa shape index (κ1) is 16.0. The third-order valence-electron chi connectivity index (χ3n) is 2.64. The number of hydrogen-bond acceptors (Lipinski definition) is 3. The second kappa shape index (κ2) is 8.92. The molecule has 1 aromatic rings. The van der Waals surface area contributed by atoms with Crippen molar-refractivity contribution in [3.63, 3.8) is 0 Å². The van der Waals surface area contributed by atoms with Crippen LogP contribution in [0, 0.1) is 0 Å². The van der Waals surface area contributed by atoms with E-state index in [9.17, 15) is 9.59 Å². The van der Waals surface area contributed by atoms with E-state index in [4.69, 9.17) is 5.11 Å². The summed E-state index contributed by atoms with van der Waals surface area (Å²) in [4.78, 5) is 23.1. The fourth-order valence-electron chi connectivity index (χ4n) is 1.65. The summed E-state index contributed by atoms with van der Waals surface area (Å²) in [5, 5.41) is 16.5. The SMILES string of the molecule is CC(CCCO)NC(=O)CNC(=O)Nc1ccccc1. The van der Waals surface area contributed by atoms with Crippen molar-refractivity contribution in [1.29, 1.82) is 0 Å². The zero-order valence-electron chi connectivity index (χ0n) is 11.6. The number of carbonyl (C=O) groups excluding carboxylic acids is 2. The highest BCUT2D eigenvalue weighted by atomic mass is 16.3.